The van der Waals surface area contributed by atoms with Crippen molar-refractivity contribution in [2.45, 2.75) is 89.2 Å². The molecule has 10 heteroatoms. The smallest absolute Gasteiger partial charge is 0.241 e. The first-order valence-corrected chi connectivity index (χ1v) is 14.1. The van der Waals surface area contributed by atoms with Crippen LogP contribution < -0.4 is 15.2 Å². The summed E-state index contributed by atoms with van der Waals surface area (Å²) in [5, 5.41) is 8.78. The molecule has 194 valence electrons. The zero-order valence-electron chi connectivity index (χ0n) is 22.0. The molecule has 0 aliphatic heterocycles. The molecule has 0 aromatic heterocycles. The zero-order chi connectivity index (χ0) is 27.4. The molecule has 0 bridgehead atoms. The molecular formula is C25H38N4O4S2. The molecule has 0 spiro atoms. The quantitative estimate of drug-likeness (QED) is 0.541. The maximum absolute atomic E-state index is 12.1. The third kappa shape index (κ3) is 9.70. The minimum Gasteiger partial charge on any atom is -0.324 e. The first-order chi connectivity index (χ1) is 15.7. The van der Waals surface area contributed by atoms with E-state index in [1.807, 2.05) is 40.7 Å². The highest BCUT2D eigenvalue weighted by molar-refractivity contribution is 7.89. The van der Waals surface area contributed by atoms with Crippen molar-refractivity contribution in [3.63, 3.8) is 0 Å². The number of nitrogens with two attached hydrogens (primary N) is 1. The Morgan fingerprint density at radius 3 is 1.51 bits per heavy atom. The van der Waals surface area contributed by atoms with Gasteiger partial charge in [0.2, 0.25) is 20.0 Å². The third-order valence-electron chi connectivity index (χ3n) is 4.55. The van der Waals surface area contributed by atoms with Crippen molar-refractivity contribution in [2.75, 3.05) is 0 Å². The van der Waals surface area contributed by atoms with Crippen molar-refractivity contribution in [3.8, 4) is 6.07 Å². The lowest BCUT2D eigenvalue weighted by atomic mass is 10.0. The highest BCUT2D eigenvalue weighted by Crippen LogP contribution is 2.21. The Morgan fingerprint density at radius 1 is 0.800 bits per heavy atom. The van der Waals surface area contributed by atoms with Crippen molar-refractivity contribution in [1.82, 2.24) is 9.44 Å². The molecule has 0 saturated heterocycles. The number of sulfonamides is 2. The van der Waals surface area contributed by atoms with Gasteiger partial charge in [-0.15, -0.1) is 0 Å². The molecule has 2 aromatic rings. The molecule has 4 N–H and O–H groups in total. The number of benzene rings is 2. The molecule has 0 amide bonds. The molecule has 0 aliphatic carbocycles. The molecule has 0 heterocycles. The molecule has 2 rings (SSSR count). The summed E-state index contributed by atoms with van der Waals surface area (Å²) in [6.07, 6.45) is 0. The molecule has 1 atom stereocenters. The van der Waals surface area contributed by atoms with Gasteiger partial charge in [0.25, 0.3) is 0 Å². The Kier molecular flexibility index (Phi) is 9.82. The van der Waals surface area contributed by atoms with E-state index in [2.05, 4.69) is 9.44 Å². The van der Waals surface area contributed by atoms with Crippen LogP contribution in [0.15, 0.2) is 46.2 Å². The van der Waals surface area contributed by atoms with E-state index in [0.29, 0.717) is 11.1 Å². The number of aryl methyl sites for hydroxylation is 2. The molecule has 8 nitrogen and oxygen atoms in total. The van der Waals surface area contributed by atoms with Crippen LogP contribution in [-0.4, -0.2) is 27.9 Å². The summed E-state index contributed by atoms with van der Waals surface area (Å²) in [5.74, 6) is 0. The molecule has 35 heavy (non-hydrogen) atoms. The predicted octanol–water partition coefficient (Wildman–Crippen LogP) is 4.04. The van der Waals surface area contributed by atoms with Crippen LogP contribution in [0.1, 0.15) is 76.8 Å². The van der Waals surface area contributed by atoms with E-state index in [9.17, 15) is 16.8 Å². The Hall–Kier alpha value is -2.29. The monoisotopic (exact) mass is 522 g/mol. The largest absolute Gasteiger partial charge is 0.324 e. The first kappa shape index (κ1) is 30.7. The highest BCUT2D eigenvalue weighted by Gasteiger charge is 2.23. The van der Waals surface area contributed by atoms with E-state index in [1.165, 1.54) is 18.2 Å². The maximum atomic E-state index is 12.1. The number of nitrogens with zero attached hydrogens (tertiary/aromatic N) is 1. The van der Waals surface area contributed by atoms with E-state index >= 15 is 0 Å². The Bertz CT molecular complexity index is 1300. The minimum absolute atomic E-state index is 0.0997. The zero-order valence-corrected chi connectivity index (χ0v) is 23.6. The summed E-state index contributed by atoms with van der Waals surface area (Å²) in [6.45, 7) is 16.2. The van der Waals surface area contributed by atoms with Gasteiger partial charge in [0.1, 0.15) is 0 Å². The van der Waals surface area contributed by atoms with Gasteiger partial charge in [0, 0.05) is 17.1 Å². The molecular weight excluding hydrogens is 484 g/mol. The summed E-state index contributed by atoms with van der Waals surface area (Å²) in [7, 11) is -7.00. The summed E-state index contributed by atoms with van der Waals surface area (Å²) < 4.78 is 53.5. The minimum atomic E-state index is -3.52. The molecule has 0 radical (unpaired) electrons. The van der Waals surface area contributed by atoms with Crippen LogP contribution in [0, 0.1) is 25.2 Å². The van der Waals surface area contributed by atoms with Gasteiger partial charge in [0.05, 0.1) is 21.4 Å². The van der Waals surface area contributed by atoms with Crippen molar-refractivity contribution >= 4 is 20.0 Å². The fourth-order valence-corrected chi connectivity index (χ4v) is 6.19. The van der Waals surface area contributed by atoms with Gasteiger partial charge in [0.15, 0.2) is 0 Å². The summed E-state index contributed by atoms with van der Waals surface area (Å²) >= 11 is 0. The van der Waals surface area contributed by atoms with Crippen LogP contribution in [-0.2, 0) is 20.0 Å². The van der Waals surface area contributed by atoms with E-state index in [-0.39, 0.29) is 15.8 Å². The third-order valence-corrected chi connectivity index (χ3v) is 8.06. The number of rotatable bonds is 5. The fraction of sp³-hybridized carbons (Fsp3) is 0.480. The van der Waals surface area contributed by atoms with Crippen LogP contribution in [0.4, 0.5) is 0 Å². The van der Waals surface area contributed by atoms with E-state index in [4.69, 9.17) is 11.0 Å². The topological polar surface area (TPSA) is 142 Å². The molecule has 2 aromatic carbocycles. The van der Waals surface area contributed by atoms with Gasteiger partial charge < -0.3 is 5.73 Å². The van der Waals surface area contributed by atoms with Crippen molar-refractivity contribution in [3.05, 3.63) is 58.7 Å². The van der Waals surface area contributed by atoms with Crippen LogP contribution in [0.25, 0.3) is 0 Å². The molecule has 0 saturated carbocycles. The molecule has 0 fully saturated rings. The lowest BCUT2D eigenvalue weighted by Gasteiger charge is -2.21. The molecule has 1 unspecified atom stereocenters. The van der Waals surface area contributed by atoms with Gasteiger partial charge in [-0.3, -0.25) is 0 Å². The van der Waals surface area contributed by atoms with E-state index in [1.54, 1.807) is 45.9 Å². The fourth-order valence-electron chi connectivity index (χ4n) is 3.18. The SMILES string of the molecule is Cc1cc(S(=O)(=O)NC(C)(C)C)ccc1C#N.Cc1cc(S(=O)(=O)NC(C)(C)C)ccc1C(C)N. The van der Waals surface area contributed by atoms with Gasteiger partial charge >= 0.3 is 0 Å². The van der Waals surface area contributed by atoms with Gasteiger partial charge in [-0.2, -0.15) is 5.26 Å². The Balaban J connectivity index is 0.000000351. The average Bonchev–Trinajstić information content (AvgIpc) is 2.64. The normalized spacial score (nSPS) is 13.4. The van der Waals surface area contributed by atoms with Crippen LogP contribution in [0.3, 0.4) is 0 Å². The predicted molar refractivity (Wildman–Crippen MR) is 140 cm³/mol. The van der Waals surface area contributed by atoms with Crippen molar-refractivity contribution < 1.29 is 16.8 Å². The van der Waals surface area contributed by atoms with E-state index in [0.717, 1.165) is 11.1 Å². The van der Waals surface area contributed by atoms with Gasteiger partial charge in [-0.1, -0.05) is 6.07 Å². The summed E-state index contributed by atoms with van der Waals surface area (Å²) in [4.78, 5) is 0.461. The number of hydrogen-bond donors (Lipinski definition) is 3. The van der Waals surface area contributed by atoms with Crippen LogP contribution >= 0.6 is 0 Å². The van der Waals surface area contributed by atoms with Crippen LogP contribution in [0.5, 0.6) is 0 Å². The second-order valence-electron chi connectivity index (χ2n) is 10.6. The maximum Gasteiger partial charge on any atom is 0.241 e. The number of nitrogens with one attached hydrogen (secondary N) is 2. The molecule has 0 aliphatic rings. The average molecular weight is 523 g/mol. The summed E-state index contributed by atoms with van der Waals surface area (Å²) in [5.41, 5.74) is 7.79. The van der Waals surface area contributed by atoms with Crippen molar-refractivity contribution in [1.29, 1.82) is 5.26 Å². The number of hydrogen-bond acceptors (Lipinski definition) is 6. The first-order valence-electron chi connectivity index (χ1n) is 11.1. The van der Waals surface area contributed by atoms with Gasteiger partial charge in [-0.05, 0) is 109 Å². The van der Waals surface area contributed by atoms with Crippen molar-refractivity contribution in [2.24, 2.45) is 5.73 Å². The Labute approximate surface area is 211 Å². The second kappa shape index (κ2) is 11.2. The standard InChI is InChI=1S/C13H22N2O2S.C12H16N2O2S/c1-9-8-11(6-7-12(9)10(2)14)18(16,17)15-13(3,4)5;1-9-7-11(6-5-10(9)8-13)17(15,16)14-12(2,3)4/h6-8,10,15H,14H2,1-5H3;5-7,14H,1-4H3. The lowest BCUT2D eigenvalue weighted by Crippen LogP contribution is -2.40. The van der Waals surface area contributed by atoms with Crippen LogP contribution in [0.2, 0.25) is 0 Å². The number of nitriles is 1. The van der Waals surface area contributed by atoms with E-state index < -0.39 is 31.1 Å². The Morgan fingerprint density at radius 2 is 1.20 bits per heavy atom. The highest BCUT2D eigenvalue weighted by atomic mass is 32.2. The second-order valence-corrected chi connectivity index (χ2v) is 14.0. The summed E-state index contributed by atoms with van der Waals surface area (Å²) in [6, 6.07) is 11.4. The lowest BCUT2D eigenvalue weighted by molar-refractivity contribution is 0.490. The van der Waals surface area contributed by atoms with Gasteiger partial charge in [-0.25, -0.2) is 26.3 Å².